The fourth-order valence-electron chi connectivity index (χ4n) is 2.31. The van der Waals surface area contributed by atoms with E-state index in [2.05, 4.69) is 5.32 Å². The molecule has 2 N–H and O–H groups in total. The Bertz CT molecular complexity index is 846. The Morgan fingerprint density at radius 1 is 1.17 bits per heavy atom. The zero-order valence-corrected chi connectivity index (χ0v) is 13.4. The van der Waals surface area contributed by atoms with Crippen LogP contribution in [0.25, 0.3) is 6.08 Å². The van der Waals surface area contributed by atoms with Crippen LogP contribution in [0.4, 0.5) is 10.5 Å². The van der Waals surface area contributed by atoms with Crippen molar-refractivity contribution in [1.29, 1.82) is 0 Å². The highest BCUT2D eigenvalue weighted by Gasteiger charge is 2.34. The van der Waals surface area contributed by atoms with Crippen LogP contribution in [0, 0.1) is 0 Å². The number of phenolic OH excluding ortho intramolecular Hbond substituents is 1. The summed E-state index contributed by atoms with van der Waals surface area (Å²) in [7, 11) is 1.43. The van der Waals surface area contributed by atoms with Gasteiger partial charge in [-0.05, 0) is 48.0 Å². The van der Waals surface area contributed by atoms with Gasteiger partial charge in [0, 0.05) is 5.02 Å². The molecule has 1 saturated heterocycles. The lowest BCUT2D eigenvalue weighted by Crippen LogP contribution is -2.30. The van der Waals surface area contributed by atoms with Crippen LogP contribution in [0.15, 0.2) is 48.2 Å². The molecule has 122 valence electrons. The van der Waals surface area contributed by atoms with Crippen molar-refractivity contribution in [3.05, 3.63) is 58.7 Å². The highest BCUT2D eigenvalue weighted by Crippen LogP contribution is 2.28. The maximum absolute atomic E-state index is 12.5. The summed E-state index contributed by atoms with van der Waals surface area (Å²) in [6, 6.07) is 10.5. The Morgan fingerprint density at radius 3 is 2.54 bits per heavy atom. The first-order valence-electron chi connectivity index (χ1n) is 6.99. The topological polar surface area (TPSA) is 78.9 Å². The number of amides is 3. The number of methoxy groups -OCH3 is 1. The van der Waals surface area contributed by atoms with Gasteiger partial charge in [0.05, 0.1) is 12.8 Å². The molecule has 3 amide bonds. The van der Waals surface area contributed by atoms with Crippen molar-refractivity contribution >= 4 is 35.3 Å². The standard InChI is InChI=1S/C17H13ClN2O4/c1-24-15-9-10(2-7-14(15)21)8-13-16(22)20(17(23)19-13)12-5-3-11(18)4-6-12/h2-9,21H,1H3,(H,19,23)/b13-8+. The minimum absolute atomic E-state index is 0.00998. The predicted octanol–water partition coefficient (Wildman–Crippen LogP) is 3.15. The van der Waals surface area contributed by atoms with E-state index in [1.807, 2.05) is 0 Å². The molecule has 0 unspecified atom stereocenters. The van der Waals surface area contributed by atoms with Crippen molar-refractivity contribution < 1.29 is 19.4 Å². The molecule has 1 fully saturated rings. The number of carbonyl (C=O) groups is 2. The van der Waals surface area contributed by atoms with Gasteiger partial charge < -0.3 is 15.2 Å². The van der Waals surface area contributed by atoms with Crippen LogP contribution in [-0.2, 0) is 4.79 Å². The quantitative estimate of drug-likeness (QED) is 0.662. The summed E-state index contributed by atoms with van der Waals surface area (Å²) >= 11 is 5.82. The number of carbonyl (C=O) groups excluding carboxylic acids is 2. The molecule has 24 heavy (non-hydrogen) atoms. The average molecular weight is 345 g/mol. The first-order valence-corrected chi connectivity index (χ1v) is 7.37. The molecule has 7 heteroatoms. The first-order chi connectivity index (χ1) is 11.5. The van der Waals surface area contributed by atoms with E-state index < -0.39 is 11.9 Å². The molecule has 1 heterocycles. The number of ether oxygens (including phenoxy) is 1. The number of aromatic hydroxyl groups is 1. The summed E-state index contributed by atoms with van der Waals surface area (Å²) < 4.78 is 5.03. The Kier molecular flexibility index (Phi) is 4.14. The van der Waals surface area contributed by atoms with Crippen LogP contribution in [0.5, 0.6) is 11.5 Å². The molecule has 0 bridgehead atoms. The highest BCUT2D eigenvalue weighted by molar-refractivity contribution is 6.31. The predicted molar refractivity (Wildman–Crippen MR) is 90.1 cm³/mol. The lowest BCUT2D eigenvalue weighted by atomic mass is 10.1. The van der Waals surface area contributed by atoms with Gasteiger partial charge in [-0.1, -0.05) is 17.7 Å². The van der Waals surface area contributed by atoms with Gasteiger partial charge in [-0.2, -0.15) is 0 Å². The number of nitrogens with zero attached hydrogens (tertiary/aromatic N) is 1. The van der Waals surface area contributed by atoms with Gasteiger partial charge in [0.1, 0.15) is 5.70 Å². The summed E-state index contributed by atoms with van der Waals surface area (Å²) in [5.41, 5.74) is 1.16. The van der Waals surface area contributed by atoms with Gasteiger partial charge in [0.15, 0.2) is 11.5 Å². The second kappa shape index (κ2) is 6.25. The molecule has 0 radical (unpaired) electrons. The molecule has 0 atom stereocenters. The van der Waals surface area contributed by atoms with E-state index >= 15 is 0 Å². The molecule has 3 rings (SSSR count). The van der Waals surface area contributed by atoms with Crippen molar-refractivity contribution in [2.75, 3.05) is 12.0 Å². The van der Waals surface area contributed by atoms with Crippen molar-refractivity contribution in [3.8, 4) is 11.5 Å². The number of hydrogen-bond acceptors (Lipinski definition) is 4. The van der Waals surface area contributed by atoms with Gasteiger partial charge in [-0.15, -0.1) is 0 Å². The van der Waals surface area contributed by atoms with E-state index in [0.717, 1.165) is 4.90 Å². The van der Waals surface area contributed by atoms with Gasteiger partial charge >= 0.3 is 6.03 Å². The number of halogens is 1. The van der Waals surface area contributed by atoms with E-state index in [1.54, 1.807) is 36.4 Å². The minimum Gasteiger partial charge on any atom is -0.504 e. The van der Waals surface area contributed by atoms with Crippen molar-refractivity contribution in [3.63, 3.8) is 0 Å². The lowest BCUT2D eigenvalue weighted by molar-refractivity contribution is -0.113. The van der Waals surface area contributed by atoms with E-state index in [9.17, 15) is 14.7 Å². The summed E-state index contributed by atoms with van der Waals surface area (Å²) in [5, 5.41) is 12.6. The first kappa shape index (κ1) is 15.9. The summed E-state index contributed by atoms with van der Waals surface area (Å²) in [5.74, 6) is -0.214. The van der Waals surface area contributed by atoms with Gasteiger partial charge in [0.25, 0.3) is 5.91 Å². The maximum atomic E-state index is 12.5. The zero-order valence-electron chi connectivity index (χ0n) is 12.6. The molecular formula is C17H13ClN2O4. The fourth-order valence-corrected chi connectivity index (χ4v) is 2.44. The number of rotatable bonds is 3. The summed E-state index contributed by atoms with van der Waals surface area (Å²) in [4.78, 5) is 25.6. The Morgan fingerprint density at radius 2 is 1.88 bits per heavy atom. The van der Waals surface area contributed by atoms with Crippen molar-refractivity contribution in [1.82, 2.24) is 5.32 Å². The minimum atomic E-state index is -0.542. The highest BCUT2D eigenvalue weighted by atomic mass is 35.5. The van der Waals surface area contributed by atoms with Crippen LogP contribution >= 0.6 is 11.6 Å². The largest absolute Gasteiger partial charge is 0.504 e. The van der Waals surface area contributed by atoms with E-state index in [0.29, 0.717) is 16.3 Å². The van der Waals surface area contributed by atoms with Crippen LogP contribution in [0.1, 0.15) is 5.56 Å². The fraction of sp³-hybridized carbons (Fsp3) is 0.0588. The summed E-state index contributed by atoms with van der Waals surface area (Å²) in [6.45, 7) is 0. The summed E-state index contributed by atoms with van der Waals surface area (Å²) in [6.07, 6.45) is 1.51. The van der Waals surface area contributed by atoms with Crippen LogP contribution < -0.4 is 15.0 Å². The van der Waals surface area contributed by atoms with Crippen molar-refractivity contribution in [2.45, 2.75) is 0 Å². The van der Waals surface area contributed by atoms with E-state index in [4.69, 9.17) is 16.3 Å². The van der Waals surface area contributed by atoms with Crippen LogP contribution in [0.3, 0.4) is 0 Å². The molecule has 2 aromatic carbocycles. The Hall–Kier alpha value is -2.99. The SMILES string of the molecule is COc1cc(/C=C2/NC(=O)N(c3ccc(Cl)cc3)C2=O)ccc1O. The molecular weight excluding hydrogens is 332 g/mol. The smallest absolute Gasteiger partial charge is 0.333 e. The molecule has 0 aromatic heterocycles. The number of anilines is 1. The molecule has 1 aliphatic heterocycles. The number of phenols is 1. The zero-order chi connectivity index (χ0) is 17.3. The normalized spacial score (nSPS) is 15.8. The second-order valence-electron chi connectivity index (χ2n) is 5.04. The number of benzene rings is 2. The number of urea groups is 1. The molecule has 6 nitrogen and oxygen atoms in total. The molecule has 2 aromatic rings. The Labute approximate surface area is 142 Å². The average Bonchev–Trinajstić information content (AvgIpc) is 2.84. The lowest BCUT2D eigenvalue weighted by Gasteiger charge is -2.11. The van der Waals surface area contributed by atoms with Crippen LogP contribution in [0.2, 0.25) is 5.02 Å². The molecule has 0 saturated carbocycles. The third-order valence-corrected chi connectivity index (χ3v) is 3.73. The molecule has 1 aliphatic rings. The van der Waals surface area contributed by atoms with E-state index in [1.165, 1.54) is 19.3 Å². The third kappa shape index (κ3) is 2.91. The molecule has 0 aliphatic carbocycles. The van der Waals surface area contributed by atoms with E-state index in [-0.39, 0.29) is 17.2 Å². The van der Waals surface area contributed by atoms with Gasteiger partial charge in [-0.3, -0.25) is 4.79 Å². The Balaban J connectivity index is 1.92. The molecule has 0 spiro atoms. The third-order valence-electron chi connectivity index (χ3n) is 3.48. The number of nitrogens with one attached hydrogen (secondary N) is 1. The number of hydrogen-bond donors (Lipinski definition) is 2. The monoisotopic (exact) mass is 344 g/mol. The number of imide groups is 1. The van der Waals surface area contributed by atoms with Crippen LogP contribution in [-0.4, -0.2) is 24.2 Å². The van der Waals surface area contributed by atoms with Crippen molar-refractivity contribution in [2.24, 2.45) is 0 Å². The van der Waals surface area contributed by atoms with Gasteiger partial charge in [0.2, 0.25) is 0 Å². The maximum Gasteiger partial charge on any atom is 0.333 e. The second-order valence-corrected chi connectivity index (χ2v) is 5.47. The van der Waals surface area contributed by atoms with Gasteiger partial charge in [-0.25, -0.2) is 9.69 Å².